The Kier molecular flexibility index (Phi) is 8.28. The number of nitrogens with zero attached hydrogens (tertiary/aromatic N) is 1. The van der Waals surface area contributed by atoms with Gasteiger partial charge >= 0.3 is 6.09 Å². The second kappa shape index (κ2) is 10.0. The summed E-state index contributed by atoms with van der Waals surface area (Å²) in [7, 11) is 0. The average molecular weight is 294 g/mol. The Morgan fingerprint density at radius 2 is 1.76 bits per heavy atom. The number of hydrogen-bond acceptors (Lipinski definition) is 4. The van der Waals surface area contributed by atoms with Gasteiger partial charge in [-0.05, 0) is 43.8 Å². The standard InChI is InChI=1S/C16H26N2O3/c1-4-12-21-16(19)17-14-7-9-15(10-8-14)20-13-11-18(5-2)6-3/h7-10H,4-6,11-13H2,1-3H3,(H,17,19). The summed E-state index contributed by atoms with van der Waals surface area (Å²) in [6.45, 7) is 10.3. The van der Waals surface area contributed by atoms with Gasteiger partial charge in [0.05, 0.1) is 6.61 Å². The minimum absolute atomic E-state index is 0.424. The second-order valence-electron chi connectivity index (χ2n) is 4.66. The van der Waals surface area contributed by atoms with Crippen molar-refractivity contribution in [3.05, 3.63) is 24.3 Å². The van der Waals surface area contributed by atoms with Crippen molar-refractivity contribution in [2.24, 2.45) is 0 Å². The fourth-order valence-corrected chi connectivity index (χ4v) is 1.82. The number of hydrogen-bond donors (Lipinski definition) is 1. The van der Waals surface area contributed by atoms with Crippen LogP contribution in [0.15, 0.2) is 24.3 Å². The Hall–Kier alpha value is -1.75. The molecule has 0 aliphatic carbocycles. The van der Waals surface area contributed by atoms with Gasteiger partial charge in [-0.3, -0.25) is 5.32 Å². The van der Waals surface area contributed by atoms with Gasteiger partial charge in [-0.25, -0.2) is 4.79 Å². The number of amides is 1. The Morgan fingerprint density at radius 3 is 2.33 bits per heavy atom. The quantitative estimate of drug-likeness (QED) is 0.758. The lowest BCUT2D eigenvalue weighted by Gasteiger charge is -2.18. The molecular weight excluding hydrogens is 268 g/mol. The van der Waals surface area contributed by atoms with Gasteiger partial charge in [0, 0.05) is 12.2 Å². The summed E-state index contributed by atoms with van der Waals surface area (Å²) in [6.07, 6.45) is 0.388. The van der Waals surface area contributed by atoms with Gasteiger partial charge in [-0.1, -0.05) is 20.8 Å². The third kappa shape index (κ3) is 6.99. The molecule has 0 aromatic heterocycles. The van der Waals surface area contributed by atoms with Gasteiger partial charge < -0.3 is 14.4 Å². The Morgan fingerprint density at radius 1 is 1.10 bits per heavy atom. The molecule has 0 aliphatic heterocycles. The molecule has 5 nitrogen and oxygen atoms in total. The molecule has 0 heterocycles. The lowest BCUT2D eigenvalue weighted by atomic mass is 10.3. The fourth-order valence-electron chi connectivity index (χ4n) is 1.82. The van der Waals surface area contributed by atoms with Crippen molar-refractivity contribution in [3.8, 4) is 5.75 Å². The molecule has 1 aromatic carbocycles. The minimum atomic E-state index is -0.424. The van der Waals surface area contributed by atoms with Crippen molar-refractivity contribution in [2.75, 3.05) is 38.2 Å². The number of benzene rings is 1. The number of anilines is 1. The molecule has 1 aromatic rings. The highest BCUT2D eigenvalue weighted by atomic mass is 16.5. The third-order valence-corrected chi connectivity index (χ3v) is 3.11. The van der Waals surface area contributed by atoms with Gasteiger partial charge in [-0.15, -0.1) is 0 Å². The number of carbonyl (C=O) groups excluding carboxylic acids is 1. The van der Waals surface area contributed by atoms with Crippen LogP contribution in [0.3, 0.4) is 0 Å². The Balaban J connectivity index is 2.34. The topological polar surface area (TPSA) is 50.8 Å². The monoisotopic (exact) mass is 294 g/mol. The first kappa shape index (κ1) is 17.3. The Bertz CT molecular complexity index is 402. The zero-order valence-electron chi connectivity index (χ0n) is 13.2. The predicted octanol–water partition coefficient (Wildman–Crippen LogP) is 3.37. The second-order valence-corrected chi connectivity index (χ2v) is 4.66. The predicted molar refractivity (Wildman–Crippen MR) is 85.0 cm³/mol. The van der Waals surface area contributed by atoms with Crippen molar-refractivity contribution in [1.29, 1.82) is 0 Å². The summed E-state index contributed by atoms with van der Waals surface area (Å²) in [5.74, 6) is 0.801. The summed E-state index contributed by atoms with van der Waals surface area (Å²) in [6, 6.07) is 7.30. The fraction of sp³-hybridized carbons (Fsp3) is 0.562. The number of carbonyl (C=O) groups is 1. The summed E-state index contributed by atoms with van der Waals surface area (Å²) in [4.78, 5) is 13.7. The first-order chi connectivity index (χ1) is 10.2. The van der Waals surface area contributed by atoms with Gasteiger partial charge in [0.25, 0.3) is 0 Å². The van der Waals surface area contributed by atoms with E-state index in [0.29, 0.717) is 18.9 Å². The normalized spacial score (nSPS) is 10.5. The smallest absolute Gasteiger partial charge is 0.411 e. The third-order valence-electron chi connectivity index (χ3n) is 3.11. The zero-order chi connectivity index (χ0) is 15.5. The van der Waals surface area contributed by atoms with Crippen LogP contribution in [0.4, 0.5) is 10.5 Å². The molecule has 0 atom stereocenters. The molecule has 1 amide bonds. The van der Waals surface area contributed by atoms with E-state index in [4.69, 9.17) is 9.47 Å². The van der Waals surface area contributed by atoms with E-state index in [1.165, 1.54) is 0 Å². The molecule has 1 rings (SSSR count). The molecule has 118 valence electrons. The highest BCUT2D eigenvalue weighted by molar-refractivity contribution is 5.84. The van der Waals surface area contributed by atoms with E-state index in [0.717, 1.165) is 31.8 Å². The SMILES string of the molecule is CCCOC(=O)Nc1ccc(OCCN(CC)CC)cc1. The van der Waals surface area contributed by atoms with Crippen LogP contribution >= 0.6 is 0 Å². The molecule has 0 unspecified atom stereocenters. The van der Waals surface area contributed by atoms with Gasteiger partial charge in [0.15, 0.2) is 0 Å². The highest BCUT2D eigenvalue weighted by Gasteiger charge is 2.03. The van der Waals surface area contributed by atoms with E-state index in [1.54, 1.807) is 12.1 Å². The molecule has 5 heteroatoms. The molecule has 0 radical (unpaired) electrons. The maximum absolute atomic E-state index is 11.4. The number of ether oxygens (including phenoxy) is 2. The molecule has 0 bridgehead atoms. The van der Waals surface area contributed by atoms with Crippen molar-refractivity contribution >= 4 is 11.8 Å². The molecule has 21 heavy (non-hydrogen) atoms. The molecule has 0 saturated heterocycles. The molecule has 0 fully saturated rings. The van der Waals surface area contributed by atoms with Crippen LogP contribution in [0.25, 0.3) is 0 Å². The van der Waals surface area contributed by atoms with Crippen LogP contribution in [0.5, 0.6) is 5.75 Å². The summed E-state index contributed by atoms with van der Waals surface area (Å²) >= 11 is 0. The van der Waals surface area contributed by atoms with Crippen molar-refractivity contribution in [1.82, 2.24) is 4.90 Å². The van der Waals surface area contributed by atoms with Crippen molar-refractivity contribution in [3.63, 3.8) is 0 Å². The zero-order valence-corrected chi connectivity index (χ0v) is 13.2. The molecular formula is C16H26N2O3. The first-order valence-electron chi connectivity index (χ1n) is 7.58. The van der Waals surface area contributed by atoms with E-state index in [1.807, 2.05) is 19.1 Å². The van der Waals surface area contributed by atoms with Gasteiger partial charge in [0.1, 0.15) is 12.4 Å². The lowest BCUT2D eigenvalue weighted by Crippen LogP contribution is -2.27. The average Bonchev–Trinajstić information content (AvgIpc) is 2.51. The summed E-state index contributed by atoms with van der Waals surface area (Å²) < 4.78 is 10.6. The molecule has 0 saturated carbocycles. The summed E-state index contributed by atoms with van der Waals surface area (Å²) in [5.41, 5.74) is 0.701. The van der Waals surface area contributed by atoms with Crippen LogP contribution in [-0.4, -0.2) is 43.8 Å². The van der Waals surface area contributed by atoms with Crippen molar-refractivity contribution in [2.45, 2.75) is 27.2 Å². The van der Waals surface area contributed by atoms with Gasteiger partial charge in [-0.2, -0.15) is 0 Å². The van der Waals surface area contributed by atoms with Gasteiger partial charge in [0.2, 0.25) is 0 Å². The van der Waals surface area contributed by atoms with E-state index < -0.39 is 6.09 Å². The van der Waals surface area contributed by atoms with Crippen LogP contribution in [-0.2, 0) is 4.74 Å². The maximum Gasteiger partial charge on any atom is 0.411 e. The molecule has 0 spiro atoms. The number of nitrogens with one attached hydrogen (secondary N) is 1. The largest absolute Gasteiger partial charge is 0.492 e. The van der Waals surface area contributed by atoms with Crippen LogP contribution in [0, 0.1) is 0 Å². The van der Waals surface area contributed by atoms with Crippen LogP contribution in [0.1, 0.15) is 27.2 Å². The first-order valence-corrected chi connectivity index (χ1v) is 7.58. The number of rotatable bonds is 9. The highest BCUT2D eigenvalue weighted by Crippen LogP contribution is 2.15. The molecule has 1 N–H and O–H groups in total. The van der Waals surface area contributed by atoms with E-state index in [-0.39, 0.29) is 0 Å². The van der Waals surface area contributed by atoms with Crippen LogP contribution in [0.2, 0.25) is 0 Å². The summed E-state index contributed by atoms with van der Waals surface area (Å²) in [5, 5.41) is 2.67. The van der Waals surface area contributed by atoms with Crippen LogP contribution < -0.4 is 10.1 Å². The maximum atomic E-state index is 11.4. The number of likely N-dealkylation sites (N-methyl/N-ethyl adjacent to an activating group) is 1. The lowest BCUT2D eigenvalue weighted by molar-refractivity contribution is 0.161. The van der Waals surface area contributed by atoms with Crippen molar-refractivity contribution < 1.29 is 14.3 Å². The van der Waals surface area contributed by atoms with E-state index in [2.05, 4.69) is 24.1 Å². The van der Waals surface area contributed by atoms with E-state index in [9.17, 15) is 4.79 Å². The Labute approximate surface area is 127 Å². The van der Waals surface area contributed by atoms with E-state index >= 15 is 0 Å². The molecule has 0 aliphatic rings. The minimum Gasteiger partial charge on any atom is -0.492 e.